The van der Waals surface area contributed by atoms with Gasteiger partial charge in [-0.2, -0.15) is 14.5 Å². The molecule has 0 amide bonds. The van der Waals surface area contributed by atoms with Gasteiger partial charge in [-0.05, 0) is 26.7 Å². The number of nitrogens with one attached hydrogen (secondary N) is 1. The molecule has 0 saturated heterocycles. The van der Waals surface area contributed by atoms with Crippen molar-refractivity contribution in [2.75, 3.05) is 4.90 Å². The van der Waals surface area contributed by atoms with Gasteiger partial charge in [0, 0.05) is 12.0 Å². The molecule has 3 atom stereocenters. The van der Waals surface area contributed by atoms with Crippen LogP contribution in [0.2, 0.25) is 0 Å². The summed E-state index contributed by atoms with van der Waals surface area (Å²) in [6.07, 6.45) is 5.03. The lowest BCUT2D eigenvalue weighted by Gasteiger charge is -2.45. The average Bonchev–Trinajstić information content (AvgIpc) is 3.31. The second kappa shape index (κ2) is 5.26. The molecule has 2 N–H and O–H groups in total. The number of hydrogen-bond donors (Lipinski definition) is 2. The zero-order valence-corrected chi connectivity index (χ0v) is 14.6. The van der Waals surface area contributed by atoms with Gasteiger partial charge >= 0.3 is 0 Å². The van der Waals surface area contributed by atoms with Gasteiger partial charge < -0.3 is 9.63 Å². The summed E-state index contributed by atoms with van der Waals surface area (Å²) in [5.74, 6) is 1.61. The van der Waals surface area contributed by atoms with Crippen LogP contribution in [0, 0.1) is 12.0 Å². The van der Waals surface area contributed by atoms with Crippen molar-refractivity contribution in [2.24, 2.45) is 11.0 Å². The van der Waals surface area contributed by atoms with Crippen LogP contribution in [0.15, 0.2) is 15.8 Å². The molecule has 26 heavy (non-hydrogen) atoms. The Bertz CT molecular complexity index is 884. The molecule has 0 spiro atoms. The summed E-state index contributed by atoms with van der Waals surface area (Å²) in [4.78, 5) is 10.0. The number of fused-ring (bicyclic) bond motifs is 6. The number of nitrogens with zero attached hydrogens (tertiary/aromatic N) is 6. The maximum atomic E-state index is 14.4. The molecule has 1 fully saturated rings. The molecule has 2 aliphatic heterocycles. The summed E-state index contributed by atoms with van der Waals surface area (Å²) in [5.41, 5.74) is 1.94. The maximum Gasteiger partial charge on any atom is 0.295 e. The first kappa shape index (κ1) is 15.7. The molecule has 138 valence electrons. The largest absolute Gasteiger partial charge is 0.382 e. The predicted octanol–water partition coefficient (Wildman–Crippen LogP) is 1.47. The molecule has 1 saturated carbocycles. The lowest BCUT2D eigenvalue weighted by atomic mass is 9.80. The summed E-state index contributed by atoms with van der Waals surface area (Å²) in [6, 6.07) is 0.0687. The van der Waals surface area contributed by atoms with Gasteiger partial charge in [-0.15, -0.1) is 0 Å². The minimum Gasteiger partial charge on any atom is -0.382 e. The van der Waals surface area contributed by atoms with Crippen molar-refractivity contribution in [1.29, 1.82) is 0 Å². The summed E-state index contributed by atoms with van der Waals surface area (Å²) in [6.45, 7) is 3.16. The number of amidine groups is 1. The van der Waals surface area contributed by atoms with E-state index in [1.165, 1.54) is 6.20 Å². The van der Waals surface area contributed by atoms with Gasteiger partial charge in [0.2, 0.25) is 11.7 Å². The highest BCUT2D eigenvalue weighted by Crippen LogP contribution is 2.46. The number of rotatable bonds is 2. The highest BCUT2D eigenvalue weighted by atomic mass is 19.1. The van der Waals surface area contributed by atoms with Crippen LogP contribution in [0.1, 0.15) is 57.3 Å². The minimum atomic E-state index is -1.22. The second-order valence-corrected chi connectivity index (χ2v) is 7.63. The standard InChI is InChI=1S/C16H20FN7O2/c1-16(2,25)14-19-13(26-22-14)12-21-20-11-8-5-3-4-6-9(8)23-10(24(11)12)7-18-15(23)17/h7-9,11,20,25H,3-6H2,1-2H3. The number of imidazole rings is 1. The second-order valence-electron chi connectivity index (χ2n) is 7.63. The lowest BCUT2D eigenvalue weighted by molar-refractivity contribution is 0.0661. The lowest BCUT2D eigenvalue weighted by Crippen LogP contribution is -2.54. The van der Waals surface area contributed by atoms with Crippen molar-refractivity contribution in [3.63, 3.8) is 0 Å². The van der Waals surface area contributed by atoms with Gasteiger partial charge in [-0.3, -0.25) is 14.9 Å². The Hall–Kier alpha value is -2.49. The zero-order chi connectivity index (χ0) is 18.1. The van der Waals surface area contributed by atoms with Gasteiger partial charge in [-0.1, -0.05) is 18.0 Å². The van der Waals surface area contributed by atoms with E-state index < -0.39 is 11.7 Å². The predicted molar refractivity (Wildman–Crippen MR) is 88.7 cm³/mol. The van der Waals surface area contributed by atoms with E-state index in [1.54, 1.807) is 18.4 Å². The van der Waals surface area contributed by atoms with E-state index in [1.807, 2.05) is 4.90 Å². The van der Waals surface area contributed by atoms with Crippen LogP contribution in [0.5, 0.6) is 0 Å². The Morgan fingerprint density at radius 1 is 1.35 bits per heavy atom. The van der Waals surface area contributed by atoms with Gasteiger partial charge in [-0.25, -0.2) is 4.98 Å². The number of halogens is 1. The SMILES string of the molecule is CC(C)(O)c1noc(C2=NNC3C4CCCCC4n4c(cnc4F)N23)n1. The molecule has 4 heterocycles. The molecule has 5 rings (SSSR count). The Labute approximate surface area is 148 Å². The van der Waals surface area contributed by atoms with Crippen LogP contribution in [-0.4, -0.2) is 36.8 Å². The number of aliphatic hydroxyl groups is 1. The van der Waals surface area contributed by atoms with Gasteiger partial charge in [0.1, 0.15) is 17.6 Å². The molecule has 3 aliphatic rings. The number of aromatic nitrogens is 4. The van der Waals surface area contributed by atoms with E-state index in [0.29, 0.717) is 11.7 Å². The van der Waals surface area contributed by atoms with Crippen LogP contribution >= 0.6 is 0 Å². The topological polar surface area (TPSA) is 105 Å². The molecule has 9 nitrogen and oxygen atoms in total. The molecule has 0 radical (unpaired) electrons. The summed E-state index contributed by atoms with van der Waals surface area (Å²) in [7, 11) is 0. The molecule has 3 unspecified atom stereocenters. The molecule has 0 bridgehead atoms. The average molecular weight is 361 g/mol. The molecule has 0 aromatic carbocycles. The van der Waals surface area contributed by atoms with Crippen molar-refractivity contribution in [2.45, 2.75) is 57.3 Å². The van der Waals surface area contributed by atoms with Gasteiger partial charge in [0.15, 0.2) is 0 Å². The highest BCUT2D eigenvalue weighted by Gasteiger charge is 2.49. The fourth-order valence-electron chi connectivity index (χ4n) is 4.27. The van der Waals surface area contributed by atoms with E-state index in [9.17, 15) is 9.50 Å². The van der Waals surface area contributed by atoms with E-state index in [0.717, 1.165) is 25.7 Å². The third-order valence-electron chi connectivity index (χ3n) is 5.47. The van der Waals surface area contributed by atoms with Gasteiger partial charge in [0.05, 0.1) is 6.20 Å². The van der Waals surface area contributed by atoms with Crippen LogP contribution in [0.3, 0.4) is 0 Å². The third-order valence-corrected chi connectivity index (χ3v) is 5.47. The number of hydrogen-bond acceptors (Lipinski definition) is 8. The first-order valence-corrected chi connectivity index (χ1v) is 8.87. The first-order valence-electron chi connectivity index (χ1n) is 8.87. The molecular weight excluding hydrogens is 341 g/mol. The van der Waals surface area contributed by atoms with Crippen LogP contribution in [0.4, 0.5) is 10.2 Å². The first-order chi connectivity index (χ1) is 12.4. The maximum absolute atomic E-state index is 14.4. The number of hydrazone groups is 1. The smallest absolute Gasteiger partial charge is 0.295 e. The Balaban J connectivity index is 1.58. The van der Waals surface area contributed by atoms with Crippen molar-refractivity contribution in [3.05, 3.63) is 24.0 Å². The highest BCUT2D eigenvalue weighted by molar-refractivity contribution is 6.08. The monoisotopic (exact) mass is 361 g/mol. The Morgan fingerprint density at radius 3 is 2.92 bits per heavy atom. The fraction of sp³-hybridized carbons (Fsp3) is 0.625. The Kier molecular flexibility index (Phi) is 3.18. The summed E-state index contributed by atoms with van der Waals surface area (Å²) < 4.78 is 21.4. The Morgan fingerprint density at radius 2 is 2.15 bits per heavy atom. The molecular formula is C16H20FN7O2. The molecule has 2 aromatic rings. The van der Waals surface area contributed by atoms with E-state index in [-0.39, 0.29) is 29.8 Å². The molecule has 2 aromatic heterocycles. The fourth-order valence-corrected chi connectivity index (χ4v) is 4.27. The quantitative estimate of drug-likeness (QED) is 0.835. The minimum absolute atomic E-state index is 0.0687. The van der Waals surface area contributed by atoms with Crippen molar-refractivity contribution in [3.8, 4) is 0 Å². The molecule has 1 aliphatic carbocycles. The summed E-state index contributed by atoms with van der Waals surface area (Å²) >= 11 is 0. The zero-order valence-electron chi connectivity index (χ0n) is 14.6. The van der Waals surface area contributed by atoms with Crippen LogP contribution in [0.25, 0.3) is 0 Å². The normalized spacial score (nSPS) is 27.5. The van der Waals surface area contributed by atoms with Crippen LogP contribution in [-0.2, 0) is 5.60 Å². The van der Waals surface area contributed by atoms with Crippen molar-refractivity contribution < 1.29 is 14.0 Å². The molecule has 10 heteroatoms. The number of anilines is 1. The third kappa shape index (κ3) is 2.11. The van der Waals surface area contributed by atoms with Gasteiger partial charge in [0.25, 0.3) is 12.0 Å². The van der Waals surface area contributed by atoms with E-state index in [4.69, 9.17) is 4.52 Å². The van der Waals surface area contributed by atoms with Crippen LogP contribution < -0.4 is 10.3 Å². The van der Waals surface area contributed by atoms with Crippen molar-refractivity contribution in [1.82, 2.24) is 25.1 Å². The van der Waals surface area contributed by atoms with E-state index in [2.05, 4.69) is 25.7 Å². The van der Waals surface area contributed by atoms with Crippen molar-refractivity contribution >= 4 is 11.7 Å². The summed E-state index contributed by atoms with van der Waals surface area (Å²) in [5, 5.41) is 18.3. The van der Waals surface area contributed by atoms with E-state index >= 15 is 0 Å².